The summed E-state index contributed by atoms with van der Waals surface area (Å²) in [5.41, 5.74) is -0.419. The number of nitrogens with one attached hydrogen (secondary N) is 1. The summed E-state index contributed by atoms with van der Waals surface area (Å²) in [5.74, 6) is 0.0986. The number of ether oxygens (including phenoxy) is 1. The Morgan fingerprint density at radius 3 is 2.73 bits per heavy atom. The minimum Gasteiger partial charge on any atom is -0.381 e. The number of carbonyl (C=O) groups excluding carboxylic acids is 1. The first kappa shape index (κ1) is 15.3. The van der Waals surface area contributed by atoms with E-state index in [9.17, 15) is 4.79 Å². The molecule has 1 N–H and O–H groups in total. The van der Waals surface area contributed by atoms with Crippen molar-refractivity contribution in [2.75, 3.05) is 13.2 Å². The van der Waals surface area contributed by atoms with E-state index in [2.05, 4.69) is 15.5 Å². The largest absolute Gasteiger partial charge is 0.381 e. The van der Waals surface area contributed by atoms with Crippen molar-refractivity contribution in [1.29, 1.82) is 0 Å². The molecule has 116 valence electrons. The quantitative estimate of drug-likeness (QED) is 0.928. The van der Waals surface area contributed by atoms with Crippen LogP contribution in [0.15, 0.2) is 29.1 Å². The average Bonchev–Trinajstić information content (AvgIpc) is 3.05. The highest BCUT2D eigenvalue weighted by Gasteiger charge is 2.40. The van der Waals surface area contributed by atoms with Crippen molar-refractivity contribution in [3.05, 3.63) is 46.0 Å². The van der Waals surface area contributed by atoms with Gasteiger partial charge in [0.15, 0.2) is 5.82 Å². The predicted molar refractivity (Wildman–Crippen MR) is 80.0 cm³/mol. The molecule has 1 amide bonds. The summed E-state index contributed by atoms with van der Waals surface area (Å²) in [6.45, 7) is 0.996. The number of hydrogen-bond acceptors (Lipinski definition) is 5. The van der Waals surface area contributed by atoms with E-state index in [1.807, 2.05) is 0 Å². The third kappa shape index (κ3) is 2.95. The first-order chi connectivity index (χ1) is 10.6. The van der Waals surface area contributed by atoms with Gasteiger partial charge in [0.2, 0.25) is 6.39 Å². The van der Waals surface area contributed by atoms with E-state index in [1.165, 1.54) is 12.5 Å². The predicted octanol–water partition coefficient (Wildman–Crippen LogP) is 2.81. The van der Waals surface area contributed by atoms with Gasteiger partial charge >= 0.3 is 0 Å². The third-order valence-electron chi connectivity index (χ3n) is 3.66. The molecule has 0 radical (unpaired) electrons. The minimum atomic E-state index is -0.728. The smallest absolute Gasteiger partial charge is 0.253 e. The molecule has 1 aliphatic heterocycles. The van der Waals surface area contributed by atoms with Crippen molar-refractivity contribution in [2.24, 2.45) is 0 Å². The molecule has 2 heterocycles. The average molecular weight is 342 g/mol. The molecule has 3 rings (SSSR count). The molecule has 0 spiro atoms. The molecule has 0 atom stereocenters. The Hall–Kier alpha value is -1.63. The molecular weight excluding hydrogens is 329 g/mol. The zero-order valence-corrected chi connectivity index (χ0v) is 13.0. The van der Waals surface area contributed by atoms with Crippen molar-refractivity contribution >= 4 is 29.1 Å². The van der Waals surface area contributed by atoms with Gasteiger partial charge in [-0.2, -0.15) is 4.98 Å². The maximum Gasteiger partial charge on any atom is 0.253 e. The van der Waals surface area contributed by atoms with Gasteiger partial charge in [0.25, 0.3) is 5.91 Å². The van der Waals surface area contributed by atoms with Gasteiger partial charge < -0.3 is 14.6 Å². The lowest BCUT2D eigenvalue weighted by Crippen LogP contribution is -2.50. The van der Waals surface area contributed by atoms with Crippen LogP contribution in [0.3, 0.4) is 0 Å². The molecule has 0 bridgehead atoms. The van der Waals surface area contributed by atoms with E-state index in [0.717, 1.165) is 0 Å². The standard InChI is InChI=1S/C14H13Cl2N3O3/c15-9-1-2-11(16)10(7-9)12(20)18-14(3-5-21-6-4-14)13-17-8-22-19-13/h1-2,7-8H,3-6H2,(H,18,20). The zero-order valence-electron chi connectivity index (χ0n) is 11.5. The number of amides is 1. The van der Waals surface area contributed by atoms with Gasteiger partial charge in [0.05, 0.1) is 10.6 Å². The van der Waals surface area contributed by atoms with E-state index >= 15 is 0 Å². The van der Waals surface area contributed by atoms with Crippen LogP contribution in [0.25, 0.3) is 0 Å². The van der Waals surface area contributed by atoms with Crippen LogP contribution in [0.1, 0.15) is 29.0 Å². The second-order valence-corrected chi connectivity index (χ2v) is 5.87. The first-order valence-corrected chi connectivity index (χ1v) is 7.48. The maximum atomic E-state index is 12.6. The molecule has 0 saturated carbocycles. The Bertz CT molecular complexity index is 670. The minimum absolute atomic E-state index is 0.309. The monoisotopic (exact) mass is 341 g/mol. The van der Waals surface area contributed by atoms with Crippen LogP contribution in [-0.4, -0.2) is 29.3 Å². The summed E-state index contributed by atoms with van der Waals surface area (Å²) in [6, 6.07) is 4.75. The Kier molecular flexibility index (Phi) is 4.33. The fraction of sp³-hybridized carbons (Fsp3) is 0.357. The highest BCUT2D eigenvalue weighted by atomic mass is 35.5. The molecule has 1 fully saturated rings. The fourth-order valence-electron chi connectivity index (χ4n) is 2.46. The van der Waals surface area contributed by atoms with Crippen molar-refractivity contribution in [3.8, 4) is 0 Å². The lowest BCUT2D eigenvalue weighted by molar-refractivity contribution is 0.0306. The SMILES string of the molecule is O=C(NC1(c2ncon2)CCOCC1)c1cc(Cl)ccc1Cl. The van der Waals surface area contributed by atoms with Gasteiger partial charge in [-0.05, 0) is 18.2 Å². The van der Waals surface area contributed by atoms with Crippen molar-refractivity contribution in [2.45, 2.75) is 18.4 Å². The van der Waals surface area contributed by atoms with Crippen molar-refractivity contribution in [1.82, 2.24) is 15.5 Å². The Balaban J connectivity index is 1.90. The van der Waals surface area contributed by atoms with E-state index in [4.69, 9.17) is 32.5 Å². The second kappa shape index (κ2) is 6.24. The van der Waals surface area contributed by atoms with Crippen LogP contribution in [0.4, 0.5) is 0 Å². The number of hydrogen-bond donors (Lipinski definition) is 1. The van der Waals surface area contributed by atoms with E-state index in [1.54, 1.807) is 12.1 Å². The second-order valence-electron chi connectivity index (χ2n) is 5.03. The Labute approximate surface area is 136 Å². The highest BCUT2D eigenvalue weighted by molar-refractivity contribution is 6.35. The lowest BCUT2D eigenvalue weighted by atomic mass is 9.88. The molecule has 1 aromatic heterocycles. The molecule has 2 aromatic rings. The van der Waals surface area contributed by atoms with Gasteiger partial charge in [0.1, 0.15) is 5.54 Å². The molecule has 8 heteroatoms. The molecule has 1 saturated heterocycles. The molecule has 6 nitrogen and oxygen atoms in total. The number of aromatic nitrogens is 2. The summed E-state index contributed by atoms with van der Waals surface area (Å²) in [6.07, 6.45) is 2.35. The molecule has 0 unspecified atom stereocenters. The zero-order chi connectivity index (χ0) is 15.6. The van der Waals surface area contributed by atoms with Crippen molar-refractivity contribution < 1.29 is 14.1 Å². The summed E-state index contributed by atoms with van der Waals surface area (Å²) < 4.78 is 10.2. The normalized spacial score (nSPS) is 17.2. The van der Waals surface area contributed by atoms with Crippen molar-refractivity contribution in [3.63, 3.8) is 0 Å². The van der Waals surface area contributed by atoms with Crippen LogP contribution in [0, 0.1) is 0 Å². The van der Waals surface area contributed by atoms with E-state index < -0.39 is 5.54 Å². The van der Waals surface area contributed by atoms with E-state index in [0.29, 0.717) is 47.5 Å². The third-order valence-corrected chi connectivity index (χ3v) is 4.23. The summed E-state index contributed by atoms with van der Waals surface area (Å²) in [7, 11) is 0. The van der Waals surface area contributed by atoms with Gasteiger partial charge in [-0.3, -0.25) is 4.79 Å². The molecule has 0 aliphatic carbocycles. The van der Waals surface area contributed by atoms with E-state index in [-0.39, 0.29) is 5.91 Å². The lowest BCUT2D eigenvalue weighted by Gasteiger charge is -2.35. The van der Waals surface area contributed by atoms with Gasteiger partial charge in [-0.25, -0.2) is 0 Å². The fourth-order valence-corrected chi connectivity index (χ4v) is 2.84. The molecule has 1 aliphatic rings. The van der Waals surface area contributed by atoms with Gasteiger partial charge in [-0.15, -0.1) is 0 Å². The first-order valence-electron chi connectivity index (χ1n) is 6.73. The number of nitrogens with zero attached hydrogens (tertiary/aromatic N) is 2. The van der Waals surface area contributed by atoms with Gasteiger partial charge in [-0.1, -0.05) is 28.4 Å². The Morgan fingerprint density at radius 2 is 2.05 bits per heavy atom. The summed E-state index contributed by atoms with van der Waals surface area (Å²) in [5, 5.41) is 7.63. The van der Waals surface area contributed by atoms with Crippen LogP contribution in [0.5, 0.6) is 0 Å². The van der Waals surface area contributed by atoms with Crippen LogP contribution >= 0.6 is 23.2 Å². The van der Waals surface area contributed by atoms with Gasteiger partial charge in [0, 0.05) is 31.1 Å². The number of halogens is 2. The molecule has 22 heavy (non-hydrogen) atoms. The molecular formula is C14H13Cl2N3O3. The maximum absolute atomic E-state index is 12.6. The highest BCUT2D eigenvalue weighted by Crippen LogP contribution is 2.31. The Morgan fingerprint density at radius 1 is 1.27 bits per heavy atom. The summed E-state index contributed by atoms with van der Waals surface area (Å²) in [4.78, 5) is 16.7. The van der Waals surface area contributed by atoms with Crippen LogP contribution < -0.4 is 5.32 Å². The number of rotatable bonds is 3. The topological polar surface area (TPSA) is 77.3 Å². The number of carbonyl (C=O) groups is 1. The summed E-state index contributed by atoms with van der Waals surface area (Å²) >= 11 is 12.0. The van der Waals surface area contributed by atoms with Crippen LogP contribution in [-0.2, 0) is 10.3 Å². The number of benzene rings is 1. The van der Waals surface area contributed by atoms with Crippen LogP contribution in [0.2, 0.25) is 10.0 Å². The molecule has 1 aromatic carbocycles.